The second-order valence-corrected chi connectivity index (χ2v) is 3.31. The number of hydrogen-bond donors (Lipinski definition) is 3. The van der Waals surface area contributed by atoms with Crippen molar-refractivity contribution in [2.24, 2.45) is 5.73 Å². The van der Waals surface area contributed by atoms with Gasteiger partial charge in [0.25, 0.3) is 0 Å². The Morgan fingerprint density at radius 2 is 1.86 bits per heavy atom. The quantitative estimate of drug-likeness (QED) is 0.659. The highest BCUT2D eigenvalue weighted by Crippen LogP contribution is 2.26. The molecule has 0 heterocycles. The van der Waals surface area contributed by atoms with Gasteiger partial charge in [0.15, 0.2) is 0 Å². The molecular weight excluding hydrogens is 182 g/mol. The highest BCUT2D eigenvalue weighted by molar-refractivity contribution is 5.76. The minimum Gasteiger partial charge on any atom is -0.508 e. The van der Waals surface area contributed by atoms with Gasteiger partial charge in [0.1, 0.15) is 11.8 Å². The summed E-state index contributed by atoms with van der Waals surface area (Å²) in [5.41, 5.74) is 7.47. The number of aromatic hydroxyl groups is 1. The Labute approximate surface area is 82.0 Å². The molecule has 0 aliphatic rings. The standard InChI is InChI=1S/C10H13NO3/c1-5-3-7(9(11)10(13)14)8(12)4-6(5)2/h3-4,9,12H,11H2,1-2H3,(H,13,14)/t9-/m0/s1. The first-order valence-corrected chi connectivity index (χ1v) is 4.22. The van der Waals surface area contributed by atoms with E-state index in [1.807, 2.05) is 13.8 Å². The van der Waals surface area contributed by atoms with E-state index in [9.17, 15) is 9.90 Å². The van der Waals surface area contributed by atoms with Gasteiger partial charge < -0.3 is 15.9 Å². The van der Waals surface area contributed by atoms with Gasteiger partial charge in [0.2, 0.25) is 0 Å². The first-order chi connectivity index (χ1) is 6.43. The topological polar surface area (TPSA) is 83.5 Å². The van der Waals surface area contributed by atoms with Crippen molar-refractivity contribution in [3.8, 4) is 5.75 Å². The lowest BCUT2D eigenvalue weighted by molar-refractivity contribution is -0.138. The summed E-state index contributed by atoms with van der Waals surface area (Å²) in [5.74, 6) is -1.22. The van der Waals surface area contributed by atoms with Crippen LogP contribution in [0.25, 0.3) is 0 Å². The van der Waals surface area contributed by atoms with Crippen LogP contribution in [0.1, 0.15) is 22.7 Å². The maximum Gasteiger partial charge on any atom is 0.325 e. The number of aliphatic carboxylic acids is 1. The fourth-order valence-corrected chi connectivity index (χ4v) is 1.21. The van der Waals surface area contributed by atoms with Gasteiger partial charge in [-0.2, -0.15) is 0 Å². The summed E-state index contributed by atoms with van der Waals surface area (Å²) in [6.45, 7) is 3.68. The van der Waals surface area contributed by atoms with E-state index < -0.39 is 12.0 Å². The second-order valence-electron chi connectivity index (χ2n) is 3.31. The highest BCUT2D eigenvalue weighted by Gasteiger charge is 2.18. The molecular formula is C10H13NO3. The molecule has 14 heavy (non-hydrogen) atoms. The van der Waals surface area contributed by atoms with E-state index in [1.54, 1.807) is 6.07 Å². The summed E-state index contributed by atoms with van der Waals surface area (Å²) in [7, 11) is 0. The molecule has 0 aliphatic carbocycles. The molecule has 0 unspecified atom stereocenters. The predicted octanol–water partition coefficient (Wildman–Crippen LogP) is 1.09. The van der Waals surface area contributed by atoms with Crippen molar-refractivity contribution in [2.45, 2.75) is 19.9 Å². The molecule has 4 N–H and O–H groups in total. The van der Waals surface area contributed by atoms with Gasteiger partial charge in [-0.05, 0) is 37.1 Å². The maximum absolute atomic E-state index is 10.6. The van der Waals surface area contributed by atoms with E-state index in [4.69, 9.17) is 10.8 Å². The van der Waals surface area contributed by atoms with E-state index in [-0.39, 0.29) is 11.3 Å². The van der Waals surface area contributed by atoms with Gasteiger partial charge in [-0.1, -0.05) is 0 Å². The molecule has 0 radical (unpaired) electrons. The van der Waals surface area contributed by atoms with Crippen LogP contribution in [0.3, 0.4) is 0 Å². The number of carbonyl (C=O) groups is 1. The molecule has 0 spiro atoms. The molecule has 0 aromatic heterocycles. The minimum absolute atomic E-state index is 0.0667. The van der Waals surface area contributed by atoms with Crippen LogP contribution in [0.15, 0.2) is 12.1 Å². The number of phenols is 1. The molecule has 4 heteroatoms. The predicted molar refractivity (Wildman–Crippen MR) is 52.1 cm³/mol. The molecule has 0 saturated heterocycles. The number of benzene rings is 1. The third kappa shape index (κ3) is 1.85. The molecule has 1 rings (SSSR count). The highest BCUT2D eigenvalue weighted by atomic mass is 16.4. The minimum atomic E-state index is -1.17. The SMILES string of the molecule is Cc1cc(O)c([C@H](N)C(=O)O)cc1C. The lowest BCUT2D eigenvalue weighted by atomic mass is 10.0. The van der Waals surface area contributed by atoms with Gasteiger partial charge >= 0.3 is 5.97 Å². The van der Waals surface area contributed by atoms with Crippen molar-refractivity contribution >= 4 is 5.97 Å². The largest absolute Gasteiger partial charge is 0.508 e. The molecule has 0 fully saturated rings. The third-order valence-electron chi connectivity index (χ3n) is 2.24. The fourth-order valence-electron chi connectivity index (χ4n) is 1.21. The number of rotatable bonds is 2. The summed E-state index contributed by atoms with van der Waals surface area (Å²) < 4.78 is 0. The molecule has 1 aromatic rings. The van der Waals surface area contributed by atoms with Crippen molar-refractivity contribution in [3.63, 3.8) is 0 Å². The van der Waals surface area contributed by atoms with Crippen LogP contribution in [0.2, 0.25) is 0 Å². The van der Waals surface area contributed by atoms with Crippen LogP contribution >= 0.6 is 0 Å². The molecule has 1 aromatic carbocycles. The van der Waals surface area contributed by atoms with E-state index in [2.05, 4.69) is 0 Å². The molecule has 4 nitrogen and oxygen atoms in total. The molecule has 0 bridgehead atoms. The van der Waals surface area contributed by atoms with Gasteiger partial charge in [-0.3, -0.25) is 4.79 Å². The smallest absolute Gasteiger partial charge is 0.325 e. The lowest BCUT2D eigenvalue weighted by Gasteiger charge is -2.11. The van der Waals surface area contributed by atoms with Crippen molar-refractivity contribution in [3.05, 3.63) is 28.8 Å². The Morgan fingerprint density at radius 1 is 1.36 bits per heavy atom. The molecule has 0 aliphatic heterocycles. The zero-order valence-corrected chi connectivity index (χ0v) is 8.11. The third-order valence-corrected chi connectivity index (χ3v) is 2.24. The van der Waals surface area contributed by atoms with E-state index in [0.717, 1.165) is 11.1 Å². The molecule has 1 atom stereocenters. The van der Waals surface area contributed by atoms with E-state index in [1.165, 1.54) is 6.07 Å². The molecule has 0 amide bonds. The van der Waals surface area contributed by atoms with Crippen LogP contribution < -0.4 is 5.73 Å². The van der Waals surface area contributed by atoms with Crippen molar-refractivity contribution in [1.29, 1.82) is 0 Å². The zero-order valence-electron chi connectivity index (χ0n) is 8.11. The van der Waals surface area contributed by atoms with Crippen molar-refractivity contribution in [1.82, 2.24) is 0 Å². The van der Waals surface area contributed by atoms with Crippen LogP contribution in [-0.4, -0.2) is 16.2 Å². The van der Waals surface area contributed by atoms with Crippen LogP contribution in [-0.2, 0) is 4.79 Å². The van der Waals surface area contributed by atoms with Gasteiger partial charge in [-0.15, -0.1) is 0 Å². The van der Waals surface area contributed by atoms with E-state index in [0.29, 0.717) is 0 Å². The van der Waals surface area contributed by atoms with E-state index >= 15 is 0 Å². The average Bonchev–Trinajstić information content (AvgIpc) is 2.10. The van der Waals surface area contributed by atoms with Crippen molar-refractivity contribution < 1.29 is 15.0 Å². The summed E-state index contributed by atoms with van der Waals surface area (Å²) in [6, 6.07) is 1.95. The summed E-state index contributed by atoms with van der Waals surface area (Å²) in [4.78, 5) is 10.6. The number of hydrogen-bond acceptors (Lipinski definition) is 3. The first kappa shape index (κ1) is 10.5. The molecule has 76 valence electrons. The second kappa shape index (κ2) is 3.67. The number of carboxylic acids is 1. The summed E-state index contributed by atoms with van der Waals surface area (Å²) >= 11 is 0. The van der Waals surface area contributed by atoms with Gasteiger partial charge in [-0.25, -0.2) is 0 Å². The van der Waals surface area contributed by atoms with Crippen LogP contribution in [0, 0.1) is 13.8 Å². The fraction of sp³-hybridized carbons (Fsp3) is 0.300. The maximum atomic E-state index is 10.6. The summed E-state index contributed by atoms with van der Waals surface area (Å²) in [6.07, 6.45) is 0. The van der Waals surface area contributed by atoms with Crippen LogP contribution in [0.5, 0.6) is 5.75 Å². The lowest BCUT2D eigenvalue weighted by Crippen LogP contribution is -2.20. The number of nitrogens with two attached hydrogens (primary N) is 1. The Balaban J connectivity index is 3.22. The Bertz CT molecular complexity index is 374. The normalized spacial score (nSPS) is 12.5. The van der Waals surface area contributed by atoms with Gasteiger partial charge in [0.05, 0.1) is 0 Å². The Morgan fingerprint density at radius 3 is 2.36 bits per heavy atom. The Kier molecular flexibility index (Phi) is 2.76. The monoisotopic (exact) mass is 195 g/mol. The first-order valence-electron chi connectivity index (χ1n) is 4.22. The summed E-state index contributed by atoms with van der Waals surface area (Å²) in [5, 5.41) is 18.2. The van der Waals surface area contributed by atoms with Crippen molar-refractivity contribution in [2.75, 3.05) is 0 Å². The average molecular weight is 195 g/mol. The zero-order chi connectivity index (χ0) is 10.9. The Hall–Kier alpha value is -1.55. The number of phenolic OH excluding ortho intramolecular Hbond substituents is 1. The number of aryl methyl sites for hydroxylation is 2. The molecule has 0 saturated carbocycles. The van der Waals surface area contributed by atoms with Crippen LogP contribution in [0.4, 0.5) is 0 Å². The number of carboxylic acid groups (broad SMARTS) is 1. The van der Waals surface area contributed by atoms with Gasteiger partial charge in [0, 0.05) is 5.56 Å².